The van der Waals surface area contributed by atoms with Crippen molar-refractivity contribution in [2.24, 2.45) is 0 Å². The van der Waals surface area contributed by atoms with Gasteiger partial charge in [0.25, 0.3) is 0 Å². The van der Waals surface area contributed by atoms with Crippen LogP contribution in [0.1, 0.15) is 22.3 Å². The van der Waals surface area contributed by atoms with Crippen LogP contribution >= 0.6 is 11.3 Å². The maximum absolute atomic E-state index is 13.8. The Balaban J connectivity index is 1.76. The summed E-state index contributed by atoms with van der Waals surface area (Å²) >= 11 is 1.52. The van der Waals surface area contributed by atoms with E-state index in [1.54, 1.807) is 6.07 Å². The number of carbonyl (C=O) groups is 1. The fourth-order valence-electron chi connectivity index (χ4n) is 1.96. The Labute approximate surface area is 125 Å². The molecule has 0 atom stereocenters. The summed E-state index contributed by atoms with van der Waals surface area (Å²) in [5.41, 5.74) is 1.24. The number of Topliss-reactive ketones (excluding diaryl/α,β-unsaturated/α-hetero) is 1. The molecule has 5 heteroatoms. The Morgan fingerprint density at radius 2 is 2.10 bits per heavy atom. The molecule has 21 heavy (non-hydrogen) atoms. The zero-order valence-corrected chi connectivity index (χ0v) is 12.1. The summed E-state index contributed by atoms with van der Waals surface area (Å²) in [6.07, 6.45) is 0. The standard InChI is InChI=1S/C16H12FNO2S/c1-10(19)11-6-7-14(12(17)8-11)20-9-16-18-13-4-2-3-5-15(13)21-16/h2-8H,9H2,1H3. The number of fused-ring (bicyclic) bond motifs is 1. The van der Waals surface area contributed by atoms with Gasteiger partial charge in [-0.2, -0.15) is 0 Å². The molecule has 0 fully saturated rings. The molecule has 3 rings (SSSR count). The van der Waals surface area contributed by atoms with E-state index < -0.39 is 5.82 Å². The minimum Gasteiger partial charge on any atom is -0.483 e. The number of rotatable bonds is 4. The van der Waals surface area contributed by atoms with Crippen molar-refractivity contribution in [3.63, 3.8) is 0 Å². The lowest BCUT2D eigenvalue weighted by Crippen LogP contribution is -1.99. The third kappa shape index (κ3) is 2.92. The van der Waals surface area contributed by atoms with Crippen LogP contribution in [0.2, 0.25) is 0 Å². The van der Waals surface area contributed by atoms with E-state index in [-0.39, 0.29) is 18.1 Å². The molecule has 1 aromatic heterocycles. The van der Waals surface area contributed by atoms with Gasteiger partial charge in [0.05, 0.1) is 10.2 Å². The summed E-state index contributed by atoms with van der Waals surface area (Å²) in [6, 6.07) is 12.0. The molecule has 0 spiro atoms. The van der Waals surface area contributed by atoms with Gasteiger partial charge in [0, 0.05) is 5.56 Å². The molecular formula is C16H12FNO2S. The Bertz CT molecular complexity index is 780. The van der Waals surface area contributed by atoms with Gasteiger partial charge >= 0.3 is 0 Å². The molecule has 0 unspecified atom stereocenters. The summed E-state index contributed by atoms with van der Waals surface area (Å²) in [4.78, 5) is 15.6. The molecule has 0 bridgehead atoms. The monoisotopic (exact) mass is 301 g/mol. The Morgan fingerprint density at radius 3 is 2.81 bits per heavy atom. The molecule has 3 nitrogen and oxygen atoms in total. The third-order valence-corrected chi connectivity index (χ3v) is 4.04. The van der Waals surface area contributed by atoms with Crippen LogP contribution in [0.5, 0.6) is 5.75 Å². The first-order chi connectivity index (χ1) is 10.1. The van der Waals surface area contributed by atoms with Gasteiger partial charge in [-0.3, -0.25) is 4.79 Å². The fraction of sp³-hybridized carbons (Fsp3) is 0.125. The number of ketones is 1. The van der Waals surface area contributed by atoms with Crippen molar-refractivity contribution in [2.75, 3.05) is 0 Å². The fourth-order valence-corrected chi connectivity index (χ4v) is 2.84. The average Bonchev–Trinajstić information content (AvgIpc) is 2.88. The second-order valence-corrected chi connectivity index (χ2v) is 5.68. The number of hydrogen-bond donors (Lipinski definition) is 0. The van der Waals surface area contributed by atoms with Crippen molar-refractivity contribution in [1.82, 2.24) is 4.98 Å². The van der Waals surface area contributed by atoms with E-state index >= 15 is 0 Å². The Hall–Kier alpha value is -2.27. The highest BCUT2D eigenvalue weighted by Crippen LogP contribution is 2.24. The topological polar surface area (TPSA) is 39.2 Å². The summed E-state index contributed by atoms with van der Waals surface area (Å²) in [6.45, 7) is 1.60. The van der Waals surface area contributed by atoms with E-state index in [4.69, 9.17) is 4.74 Å². The number of thiazole rings is 1. The van der Waals surface area contributed by atoms with Crippen LogP contribution in [-0.2, 0) is 6.61 Å². The van der Waals surface area contributed by atoms with Crippen LogP contribution < -0.4 is 4.74 Å². The van der Waals surface area contributed by atoms with E-state index in [0.29, 0.717) is 5.56 Å². The van der Waals surface area contributed by atoms with Crippen molar-refractivity contribution >= 4 is 27.3 Å². The number of aromatic nitrogens is 1. The number of carbonyl (C=O) groups excluding carboxylic acids is 1. The summed E-state index contributed by atoms with van der Waals surface area (Å²) in [5, 5.41) is 0.784. The average molecular weight is 301 g/mol. The van der Waals surface area contributed by atoms with E-state index in [0.717, 1.165) is 15.2 Å². The molecule has 0 saturated carbocycles. The lowest BCUT2D eigenvalue weighted by Gasteiger charge is -2.06. The molecule has 0 aliphatic rings. The van der Waals surface area contributed by atoms with Crippen molar-refractivity contribution in [2.45, 2.75) is 13.5 Å². The molecule has 0 amide bonds. The maximum Gasteiger partial charge on any atom is 0.165 e. The van der Waals surface area contributed by atoms with E-state index in [1.807, 2.05) is 24.3 Å². The van der Waals surface area contributed by atoms with Crippen molar-refractivity contribution in [3.8, 4) is 5.75 Å². The number of nitrogens with zero attached hydrogens (tertiary/aromatic N) is 1. The van der Waals surface area contributed by atoms with Crippen LogP contribution in [-0.4, -0.2) is 10.8 Å². The Morgan fingerprint density at radius 1 is 1.29 bits per heavy atom. The van der Waals surface area contributed by atoms with Gasteiger partial charge in [0.15, 0.2) is 17.3 Å². The minimum absolute atomic E-state index is 0.124. The highest BCUT2D eigenvalue weighted by Gasteiger charge is 2.09. The van der Waals surface area contributed by atoms with E-state index in [2.05, 4.69) is 4.98 Å². The van der Waals surface area contributed by atoms with Crippen LogP contribution in [0.15, 0.2) is 42.5 Å². The lowest BCUT2D eigenvalue weighted by molar-refractivity contribution is 0.101. The predicted octanol–water partition coefficient (Wildman–Crippen LogP) is 4.22. The van der Waals surface area contributed by atoms with Gasteiger partial charge in [0.2, 0.25) is 0 Å². The minimum atomic E-state index is -0.538. The highest BCUT2D eigenvalue weighted by molar-refractivity contribution is 7.18. The molecule has 0 aliphatic carbocycles. The molecular weight excluding hydrogens is 289 g/mol. The van der Waals surface area contributed by atoms with Crippen molar-refractivity contribution in [1.29, 1.82) is 0 Å². The molecule has 0 aliphatic heterocycles. The maximum atomic E-state index is 13.8. The van der Waals surface area contributed by atoms with Crippen LogP contribution in [0.3, 0.4) is 0 Å². The normalized spacial score (nSPS) is 10.8. The molecule has 106 valence electrons. The third-order valence-electron chi connectivity index (χ3n) is 3.03. The Kier molecular flexibility index (Phi) is 3.66. The van der Waals surface area contributed by atoms with Crippen molar-refractivity contribution in [3.05, 3.63) is 58.9 Å². The summed E-state index contributed by atoms with van der Waals surface area (Å²) in [5.74, 6) is -0.588. The molecule has 0 saturated heterocycles. The van der Waals surface area contributed by atoms with E-state index in [1.165, 1.54) is 30.4 Å². The number of hydrogen-bond acceptors (Lipinski definition) is 4. The predicted molar refractivity (Wildman–Crippen MR) is 80.4 cm³/mol. The quantitative estimate of drug-likeness (QED) is 0.677. The van der Waals surface area contributed by atoms with Gasteiger partial charge < -0.3 is 4.74 Å². The first kappa shape index (κ1) is 13.7. The molecule has 0 N–H and O–H groups in total. The second-order valence-electron chi connectivity index (χ2n) is 4.57. The largest absolute Gasteiger partial charge is 0.483 e. The van der Waals surface area contributed by atoms with Gasteiger partial charge in [-0.05, 0) is 37.3 Å². The smallest absolute Gasteiger partial charge is 0.165 e. The molecule has 1 heterocycles. The number of para-hydroxylation sites is 1. The van der Waals surface area contributed by atoms with Crippen LogP contribution in [0.4, 0.5) is 4.39 Å². The molecule has 2 aromatic carbocycles. The van der Waals surface area contributed by atoms with Crippen LogP contribution in [0, 0.1) is 5.82 Å². The van der Waals surface area contributed by atoms with Crippen molar-refractivity contribution < 1.29 is 13.9 Å². The number of ether oxygens (including phenoxy) is 1. The lowest BCUT2D eigenvalue weighted by atomic mass is 10.1. The first-order valence-corrected chi connectivity index (χ1v) is 7.23. The second kappa shape index (κ2) is 5.61. The van der Waals surface area contributed by atoms with Gasteiger partial charge in [-0.1, -0.05) is 12.1 Å². The number of benzene rings is 2. The van der Waals surface area contributed by atoms with Gasteiger partial charge in [-0.25, -0.2) is 9.37 Å². The molecule has 0 radical (unpaired) electrons. The molecule has 3 aromatic rings. The highest BCUT2D eigenvalue weighted by atomic mass is 32.1. The van der Waals surface area contributed by atoms with Gasteiger partial charge in [-0.15, -0.1) is 11.3 Å². The summed E-state index contributed by atoms with van der Waals surface area (Å²) < 4.78 is 20.3. The number of halogens is 1. The summed E-state index contributed by atoms with van der Waals surface area (Å²) in [7, 11) is 0. The van der Waals surface area contributed by atoms with Crippen LogP contribution in [0.25, 0.3) is 10.2 Å². The zero-order chi connectivity index (χ0) is 14.8. The first-order valence-electron chi connectivity index (χ1n) is 6.41. The zero-order valence-electron chi connectivity index (χ0n) is 11.3. The SMILES string of the molecule is CC(=O)c1ccc(OCc2nc3ccccc3s2)c(F)c1. The van der Waals surface area contributed by atoms with Gasteiger partial charge in [0.1, 0.15) is 11.6 Å². The van der Waals surface area contributed by atoms with E-state index in [9.17, 15) is 9.18 Å².